The molecule has 0 saturated carbocycles. The first-order valence-corrected chi connectivity index (χ1v) is 4.35. The number of hydrogen-bond donors (Lipinski definition) is 1. The van der Waals surface area contributed by atoms with Crippen molar-refractivity contribution in [2.24, 2.45) is 0 Å². The number of halogens is 2. The Morgan fingerprint density at radius 2 is 2.18 bits per heavy atom. The minimum atomic E-state index is -2.80. The Balaban J connectivity index is 3.16. The first kappa shape index (κ1) is 12.8. The maximum atomic E-state index is 11.9. The first-order chi connectivity index (χ1) is 7.93. The summed E-state index contributed by atoms with van der Waals surface area (Å²) in [6, 6.07) is 3.20. The maximum absolute atomic E-state index is 11.9. The van der Waals surface area contributed by atoms with Crippen molar-refractivity contribution in [1.82, 2.24) is 0 Å². The Labute approximate surface area is 93.6 Å². The summed E-state index contributed by atoms with van der Waals surface area (Å²) in [6.45, 7) is -1.03. The van der Waals surface area contributed by atoms with Crippen LogP contribution < -0.4 is 4.74 Å². The third kappa shape index (κ3) is 3.10. The van der Waals surface area contributed by atoms with E-state index in [4.69, 9.17) is 5.11 Å². The maximum Gasteiger partial charge on any atom is 0.346 e. The molecule has 0 bridgehead atoms. The molecule has 1 rings (SSSR count). The molecule has 0 aliphatic carbocycles. The van der Waals surface area contributed by atoms with Crippen molar-refractivity contribution in [2.75, 3.05) is 6.61 Å². The van der Waals surface area contributed by atoms with Crippen LogP contribution in [-0.4, -0.2) is 29.0 Å². The highest BCUT2D eigenvalue weighted by molar-refractivity contribution is 5.95. The van der Waals surface area contributed by atoms with Crippen LogP contribution in [0.5, 0.6) is 5.75 Å². The molecule has 0 aliphatic heterocycles. The summed E-state index contributed by atoms with van der Waals surface area (Å²) in [5, 5.41) is 19.3. The smallest absolute Gasteiger partial charge is 0.346 e. The molecule has 0 fully saturated rings. The lowest BCUT2D eigenvalue weighted by molar-refractivity contribution is -0.385. The summed E-state index contributed by atoms with van der Waals surface area (Å²) < 4.78 is 28.3. The van der Waals surface area contributed by atoms with E-state index in [1.807, 2.05) is 0 Å². The molecule has 0 aliphatic rings. The van der Waals surface area contributed by atoms with Crippen molar-refractivity contribution in [1.29, 1.82) is 0 Å². The molecular weight excluding hydrogens is 240 g/mol. The van der Waals surface area contributed by atoms with Gasteiger partial charge < -0.3 is 9.84 Å². The van der Waals surface area contributed by atoms with E-state index in [1.54, 1.807) is 0 Å². The van der Waals surface area contributed by atoms with E-state index in [9.17, 15) is 23.7 Å². The third-order valence-electron chi connectivity index (χ3n) is 1.78. The van der Waals surface area contributed by atoms with Crippen LogP contribution >= 0.6 is 0 Å². The summed E-state index contributed by atoms with van der Waals surface area (Å²) >= 11 is 0. The Hall–Kier alpha value is -2.25. The number of carboxylic acid groups (broad SMARTS) is 1. The highest BCUT2D eigenvalue weighted by Gasteiger charge is 2.25. The minimum Gasteiger partial charge on any atom is -0.486 e. The van der Waals surface area contributed by atoms with Gasteiger partial charge in [0.05, 0.1) is 4.92 Å². The fourth-order valence-electron chi connectivity index (χ4n) is 1.16. The molecule has 0 radical (unpaired) electrons. The fraction of sp³-hybridized carbons (Fsp3) is 0.222. The van der Waals surface area contributed by atoms with Crippen LogP contribution in [0.25, 0.3) is 0 Å². The third-order valence-corrected chi connectivity index (χ3v) is 1.78. The van der Waals surface area contributed by atoms with Gasteiger partial charge in [-0.25, -0.2) is 13.6 Å². The molecule has 17 heavy (non-hydrogen) atoms. The second kappa shape index (κ2) is 5.19. The van der Waals surface area contributed by atoms with Crippen LogP contribution in [0.4, 0.5) is 14.5 Å². The largest absolute Gasteiger partial charge is 0.486 e. The molecule has 92 valence electrons. The van der Waals surface area contributed by atoms with Gasteiger partial charge in [0, 0.05) is 6.07 Å². The fourth-order valence-corrected chi connectivity index (χ4v) is 1.16. The van der Waals surface area contributed by atoms with Crippen molar-refractivity contribution < 1.29 is 28.3 Å². The predicted octanol–water partition coefficient (Wildman–Crippen LogP) is 1.94. The summed E-state index contributed by atoms with van der Waals surface area (Å²) in [6.07, 6.45) is -2.80. The molecule has 0 spiro atoms. The van der Waals surface area contributed by atoms with E-state index >= 15 is 0 Å². The van der Waals surface area contributed by atoms with Gasteiger partial charge in [0.25, 0.3) is 12.1 Å². The molecule has 1 aromatic carbocycles. The topological polar surface area (TPSA) is 89.7 Å². The van der Waals surface area contributed by atoms with Gasteiger partial charge in [-0.2, -0.15) is 0 Å². The second-order valence-corrected chi connectivity index (χ2v) is 2.91. The number of nitrogens with zero attached hydrogens (tertiary/aromatic N) is 1. The van der Waals surface area contributed by atoms with Gasteiger partial charge in [-0.05, 0) is 6.07 Å². The molecule has 0 amide bonds. The van der Waals surface area contributed by atoms with Gasteiger partial charge >= 0.3 is 5.97 Å². The van der Waals surface area contributed by atoms with Crippen molar-refractivity contribution >= 4 is 11.7 Å². The van der Waals surface area contributed by atoms with Crippen molar-refractivity contribution in [3.05, 3.63) is 33.9 Å². The number of nitro benzene ring substituents is 1. The van der Waals surface area contributed by atoms with E-state index in [0.29, 0.717) is 0 Å². The molecule has 0 unspecified atom stereocenters. The van der Waals surface area contributed by atoms with E-state index in [0.717, 1.165) is 18.2 Å². The SMILES string of the molecule is O=C(O)c1c(OCC(F)F)cccc1[N+](=O)[O-]. The van der Waals surface area contributed by atoms with Gasteiger partial charge in [0.15, 0.2) is 5.56 Å². The standard InChI is InChI=1S/C9H7F2NO5/c10-7(11)4-17-6-3-1-2-5(12(15)16)8(6)9(13)14/h1-3,7H,4H2,(H,13,14). The Morgan fingerprint density at radius 3 is 2.65 bits per heavy atom. The van der Waals surface area contributed by atoms with Crippen LogP contribution in [0, 0.1) is 10.1 Å². The number of alkyl halides is 2. The summed E-state index contributed by atoms with van der Waals surface area (Å²) in [5.74, 6) is -2.06. The van der Waals surface area contributed by atoms with Crippen LogP contribution in [0.2, 0.25) is 0 Å². The zero-order chi connectivity index (χ0) is 13.0. The number of rotatable bonds is 5. The lowest BCUT2D eigenvalue weighted by atomic mass is 10.1. The van der Waals surface area contributed by atoms with Crippen LogP contribution in [0.15, 0.2) is 18.2 Å². The van der Waals surface area contributed by atoms with Crippen molar-refractivity contribution in [2.45, 2.75) is 6.43 Å². The van der Waals surface area contributed by atoms with E-state index in [-0.39, 0.29) is 0 Å². The van der Waals surface area contributed by atoms with Gasteiger partial charge in [-0.15, -0.1) is 0 Å². The molecule has 8 heteroatoms. The Kier molecular flexibility index (Phi) is 3.91. The summed E-state index contributed by atoms with van der Waals surface area (Å²) in [7, 11) is 0. The first-order valence-electron chi connectivity index (χ1n) is 4.35. The zero-order valence-electron chi connectivity index (χ0n) is 8.30. The zero-order valence-corrected chi connectivity index (χ0v) is 8.30. The predicted molar refractivity (Wildman–Crippen MR) is 51.6 cm³/mol. The van der Waals surface area contributed by atoms with Gasteiger partial charge in [0.2, 0.25) is 0 Å². The highest BCUT2D eigenvalue weighted by Crippen LogP contribution is 2.28. The molecule has 1 N–H and O–H groups in total. The molecule has 0 aromatic heterocycles. The molecule has 1 aromatic rings. The minimum absolute atomic E-state index is 0.452. The number of carboxylic acids is 1. The van der Waals surface area contributed by atoms with Crippen LogP contribution in [0.1, 0.15) is 10.4 Å². The van der Waals surface area contributed by atoms with E-state index < -0.39 is 40.9 Å². The van der Waals surface area contributed by atoms with Crippen LogP contribution in [0.3, 0.4) is 0 Å². The lowest BCUT2D eigenvalue weighted by Gasteiger charge is -2.08. The second-order valence-electron chi connectivity index (χ2n) is 2.91. The summed E-state index contributed by atoms with van der Waals surface area (Å²) in [5.41, 5.74) is -1.44. The highest BCUT2D eigenvalue weighted by atomic mass is 19.3. The average molecular weight is 247 g/mol. The number of aromatic carboxylic acids is 1. The Bertz CT molecular complexity index is 449. The monoisotopic (exact) mass is 247 g/mol. The number of nitro groups is 1. The van der Waals surface area contributed by atoms with Gasteiger partial charge in [-0.3, -0.25) is 10.1 Å². The Morgan fingerprint density at radius 1 is 1.53 bits per heavy atom. The average Bonchev–Trinajstić information content (AvgIpc) is 2.25. The normalized spacial score (nSPS) is 10.3. The molecule has 6 nitrogen and oxygen atoms in total. The number of carbonyl (C=O) groups is 1. The lowest BCUT2D eigenvalue weighted by Crippen LogP contribution is -2.11. The van der Waals surface area contributed by atoms with Gasteiger partial charge in [-0.1, -0.05) is 6.07 Å². The molecule has 0 saturated heterocycles. The van der Waals surface area contributed by atoms with Crippen LogP contribution in [-0.2, 0) is 0 Å². The van der Waals surface area contributed by atoms with Crippen molar-refractivity contribution in [3.63, 3.8) is 0 Å². The summed E-state index contributed by atoms with van der Waals surface area (Å²) in [4.78, 5) is 20.5. The molecule has 0 atom stereocenters. The van der Waals surface area contributed by atoms with Crippen molar-refractivity contribution in [3.8, 4) is 5.75 Å². The molecule has 0 heterocycles. The van der Waals surface area contributed by atoms with E-state index in [2.05, 4.69) is 4.74 Å². The van der Waals surface area contributed by atoms with Gasteiger partial charge in [0.1, 0.15) is 12.4 Å². The number of ether oxygens (including phenoxy) is 1. The quantitative estimate of drug-likeness (QED) is 0.634. The van der Waals surface area contributed by atoms with E-state index in [1.165, 1.54) is 0 Å². The molecular formula is C9H7F2NO5. The number of hydrogen-bond acceptors (Lipinski definition) is 4. The number of benzene rings is 1.